The highest BCUT2D eigenvalue weighted by Gasteiger charge is 2.65. The van der Waals surface area contributed by atoms with Crippen LogP contribution in [0.25, 0.3) is 21.5 Å². The molecule has 0 spiro atoms. The molecule has 2 N–H and O–H groups in total. The Hall–Kier alpha value is -8.42. The third-order valence-electron chi connectivity index (χ3n) is 24.8. The number of esters is 2. The highest BCUT2D eigenvalue weighted by Crippen LogP contribution is 2.60. The van der Waals surface area contributed by atoms with Crippen LogP contribution in [0.2, 0.25) is 0 Å². The van der Waals surface area contributed by atoms with Crippen molar-refractivity contribution in [1.29, 1.82) is 0 Å². The summed E-state index contributed by atoms with van der Waals surface area (Å²) in [6.07, 6.45) is 3.40. The van der Waals surface area contributed by atoms with E-state index in [-0.39, 0.29) is 124 Å². The summed E-state index contributed by atoms with van der Waals surface area (Å²) in [6, 6.07) is 6.12. The average molecular weight is 1700 g/mol. The Morgan fingerprint density at radius 1 is 0.585 bits per heavy atom. The monoisotopic (exact) mass is 1700 g/mol. The van der Waals surface area contributed by atoms with Gasteiger partial charge in [-0.3, -0.25) is 47.8 Å². The number of nitrogens with one attached hydrogen (secondary N) is 2. The molecule has 648 valence electrons. The van der Waals surface area contributed by atoms with Gasteiger partial charge in [0, 0.05) is 57.1 Å². The topological polar surface area (TPSA) is 317 Å². The molecule has 4 aliphatic heterocycles. The van der Waals surface area contributed by atoms with E-state index in [1.54, 1.807) is 38.1 Å². The summed E-state index contributed by atoms with van der Waals surface area (Å²) < 4.78 is 221. The minimum Gasteiger partial charge on any atom is -0.491 e. The van der Waals surface area contributed by atoms with Gasteiger partial charge in [-0.05, 0) is 215 Å². The number of fused-ring (bicyclic) bond motifs is 6. The predicted molar refractivity (Wildman–Crippen MR) is 425 cm³/mol. The third kappa shape index (κ3) is 19.9. The lowest BCUT2D eigenvalue weighted by Crippen LogP contribution is -2.48. The van der Waals surface area contributed by atoms with Gasteiger partial charge in [-0.2, -0.15) is 0 Å². The number of ether oxygens (including phenoxy) is 6. The molecule has 14 atom stereocenters. The first-order chi connectivity index (χ1) is 58.0. The van der Waals surface area contributed by atoms with Crippen molar-refractivity contribution in [1.82, 2.24) is 29.2 Å². The number of halogens is 6. The molecule has 6 fully saturated rings. The van der Waals surface area contributed by atoms with E-state index in [1.165, 1.54) is 46.5 Å². The summed E-state index contributed by atoms with van der Waals surface area (Å²) in [4.78, 5) is 126. The number of carbonyl (C=O) groups is 8. The van der Waals surface area contributed by atoms with E-state index in [4.69, 9.17) is 36.6 Å². The maximum absolute atomic E-state index is 15.1. The largest absolute Gasteiger partial charge is 0.491 e. The van der Waals surface area contributed by atoms with Crippen LogP contribution in [0, 0.1) is 69.8 Å². The maximum atomic E-state index is 15.1. The maximum Gasteiger partial charge on any atom is 0.307 e. The zero-order valence-corrected chi connectivity index (χ0v) is 69.8. The van der Waals surface area contributed by atoms with Gasteiger partial charge in [0.25, 0.3) is 12.9 Å². The Morgan fingerprint density at radius 3 is 1.29 bits per heavy atom. The molecule has 2 saturated heterocycles. The van der Waals surface area contributed by atoms with Gasteiger partial charge < -0.3 is 38.2 Å². The number of rotatable bonds is 24. The van der Waals surface area contributed by atoms with E-state index in [2.05, 4.69) is 9.97 Å². The lowest BCUT2D eigenvalue weighted by molar-refractivity contribution is -0.175. The van der Waals surface area contributed by atoms with E-state index in [0.29, 0.717) is 62.1 Å². The Labute approximate surface area is 694 Å². The van der Waals surface area contributed by atoms with E-state index >= 15 is 18.4 Å². The van der Waals surface area contributed by atoms with Gasteiger partial charge in [0.1, 0.15) is 12.2 Å². The SMILES string of the molecule is [2H]C([2H])([2H])C1(S(=O)(=O)NC(=O)[C@]23CC(=O)[C@@H]4C[C@@H](Oc5nccc6cc(OCC)c(F)cc56)CN4C(=O)[C@@H](CC(=O)OC(C)(C)C(F)F)[C@H](CC)C[C@@H](C)CC/C=C\[C@@H]2C3)CC1.[2H]C([2H])([2H])C1(S(=O)(=O)NC(=O)[C@]23CC(=O)[C@@H]4C[C@@H](Oc5nccc6cc(OCC)c(F)cc56)CN4C(=O)[C@@H](CC(=O)OC(C)(C)C(F)F)[C@H](CC)C[C@H](C)CC/C=C\[C@@H]2C3)CC1. The normalized spacial score (nSPS) is 30.1. The molecule has 24 nitrogen and oxygen atoms in total. The zero-order chi connectivity index (χ0) is 91.2. The fraction of sp³-hybridized carbons (Fsp3) is 0.651. The molecular formula is C86H112F6N6O18S2. The minimum absolute atomic E-state index is 0.00117. The van der Waals surface area contributed by atoms with Crippen LogP contribution in [0.1, 0.15) is 220 Å². The molecule has 4 amide bonds. The van der Waals surface area contributed by atoms with Crippen molar-refractivity contribution in [3.63, 3.8) is 0 Å². The number of carbonyl (C=O) groups excluding carboxylic acids is 8. The second-order valence-electron chi connectivity index (χ2n) is 34.6. The Morgan fingerprint density at radius 2 is 0.958 bits per heavy atom. The van der Waals surface area contributed by atoms with Crippen molar-refractivity contribution in [2.24, 2.45) is 58.2 Å². The Balaban J connectivity index is 0.000000241. The molecule has 6 heterocycles. The molecule has 0 bridgehead atoms. The van der Waals surface area contributed by atoms with Crippen LogP contribution in [0.5, 0.6) is 23.3 Å². The standard InChI is InChI=1S/2C43H56F3N3O9S/c2*1-7-26-17-25(3)11-9-10-12-28-22-43(28,40(53)48-59(54,55)42(6)14-15-42)23-34(50)33-19-29(24-49(33)38(52)31(26)21-36(51)58-41(4,5)39(45)46)57-37-30-20-32(44)35(56-8-2)18-27(30)13-16-47-37/h2*10,12-13,16,18,20,25-26,28-29,31,33,39H,7-9,11,14-15,17,19,21-24H2,1-6H3,(H,48,53)/b2*12-10-/t25-,26+,28+,29+,31-,33-,43+;25-,26-,28-,29-,31+,33+,43-/m01/s1/i2*6D3. The van der Waals surface area contributed by atoms with E-state index in [0.717, 1.165) is 27.7 Å². The molecule has 0 unspecified atom stereocenters. The molecule has 4 aliphatic carbocycles. The van der Waals surface area contributed by atoms with Crippen LogP contribution < -0.4 is 28.4 Å². The summed E-state index contributed by atoms with van der Waals surface area (Å²) >= 11 is 0. The minimum atomic E-state index is -4.71. The number of alkyl halides is 4. The first-order valence-corrected chi connectivity index (χ1v) is 43.8. The van der Waals surface area contributed by atoms with Crippen LogP contribution in [-0.2, 0) is 67.9 Å². The molecule has 32 heteroatoms. The number of sulfonamides is 2. The average Bonchev–Trinajstić information content (AvgIpc) is 1.55. The van der Waals surface area contributed by atoms with Crippen LogP contribution in [0.4, 0.5) is 26.3 Å². The van der Waals surface area contributed by atoms with Crippen molar-refractivity contribution in [2.75, 3.05) is 26.3 Å². The zero-order valence-electron chi connectivity index (χ0n) is 74.2. The van der Waals surface area contributed by atoms with Crippen LogP contribution in [0.15, 0.2) is 73.1 Å². The molecule has 8 aliphatic rings. The number of hydrogen-bond acceptors (Lipinski definition) is 20. The fourth-order valence-electron chi connectivity index (χ4n) is 17.0. The van der Waals surface area contributed by atoms with Gasteiger partial charge in [-0.15, -0.1) is 0 Å². The van der Waals surface area contributed by atoms with Crippen LogP contribution in [-0.4, -0.2) is 168 Å². The number of hydrogen-bond donors (Lipinski definition) is 2. The molecule has 4 aromatic rings. The van der Waals surface area contributed by atoms with Gasteiger partial charge in [-0.1, -0.05) is 64.8 Å². The van der Waals surface area contributed by atoms with Crippen LogP contribution >= 0.6 is 0 Å². The molecular weight excluding hydrogens is 1580 g/mol. The lowest BCUT2D eigenvalue weighted by atomic mass is 9.79. The van der Waals surface area contributed by atoms with E-state index in [1.807, 2.05) is 49.3 Å². The number of pyridine rings is 2. The predicted octanol–water partition coefficient (Wildman–Crippen LogP) is 14.2. The summed E-state index contributed by atoms with van der Waals surface area (Å²) in [5.41, 5.74) is -7.47. The lowest BCUT2D eigenvalue weighted by Gasteiger charge is -2.34. The molecule has 2 aromatic heterocycles. The Bertz CT molecular complexity index is 4710. The van der Waals surface area contributed by atoms with E-state index < -0.39 is 222 Å². The second kappa shape index (κ2) is 35.7. The second-order valence-corrected chi connectivity index (χ2v) is 38.5. The van der Waals surface area contributed by atoms with Gasteiger partial charge >= 0.3 is 11.9 Å². The van der Waals surface area contributed by atoms with Crippen molar-refractivity contribution in [3.8, 4) is 23.3 Å². The summed E-state index contributed by atoms with van der Waals surface area (Å²) in [5, 5.41) is 1.64. The van der Waals surface area contributed by atoms with Gasteiger partial charge in [0.05, 0.1) is 83.4 Å². The highest BCUT2D eigenvalue weighted by atomic mass is 32.2. The molecule has 12 rings (SSSR count). The number of amides is 4. The van der Waals surface area contributed by atoms with Crippen molar-refractivity contribution >= 4 is 88.7 Å². The molecule has 118 heavy (non-hydrogen) atoms. The number of aromatic nitrogens is 2. The molecule has 0 radical (unpaired) electrons. The smallest absolute Gasteiger partial charge is 0.307 e. The summed E-state index contributed by atoms with van der Waals surface area (Å²) in [6.45, 7) is 9.56. The number of benzene rings is 2. The summed E-state index contributed by atoms with van der Waals surface area (Å²) in [7, 11) is -9.43. The fourth-order valence-corrected chi connectivity index (χ4v) is 19.5. The number of nitrogens with zero attached hydrogens (tertiary/aromatic N) is 4. The highest BCUT2D eigenvalue weighted by molar-refractivity contribution is 7.92. The molecule has 4 saturated carbocycles. The van der Waals surface area contributed by atoms with Crippen molar-refractivity contribution in [2.45, 2.75) is 269 Å². The Kier molecular flexibility index (Phi) is 24.8. The third-order valence-corrected chi connectivity index (χ3v) is 28.6. The van der Waals surface area contributed by atoms with E-state index in [9.17, 15) is 63.2 Å². The van der Waals surface area contributed by atoms with Crippen LogP contribution in [0.3, 0.4) is 0 Å². The number of ketones is 2. The molecule has 2 aromatic carbocycles. The number of Topliss-reactive ketones (excluding diaryl/α,β-unsaturated/α-hetero) is 2. The summed E-state index contributed by atoms with van der Waals surface area (Å²) in [5.74, 6) is -12.2. The van der Waals surface area contributed by atoms with Crippen molar-refractivity contribution in [3.05, 3.63) is 84.7 Å². The van der Waals surface area contributed by atoms with Gasteiger partial charge in [0.15, 0.2) is 45.9 Å². The number of allylic oxidation sites excluding steroid dienone is 4. The quantitative estimate of drug-likeness (QED) is 0.0374. The van der Waals surface area contributed by atoms with Crippen molar-refractivity contribution < 1.29 is 118 Å². The first-order valence-electron chi connectivity index (χ1n) is 43.9. The van der Waals surface area contributed by atoms with Gasteiger partial charge in [-0.25, -0.2) is 53.1 Å². The van der Waals surface area contributed by atoms with Gasteiger partial charge in [0.2, 0.25) is 55.4 Å². The first kappa shape index (κ1) is 81.9.